The second-order valence-corrected chi connectivity index (χ2v) is 5.78. The quantitative estimate of drug-likeness (QED) is 0.857. The highest BCUT2D eigenvalue weighted by atomic mass is 15.1. The third-order valence-electron chi connectivity index (χ3n) is 3.78. The van der Waals surface area contributed by atoms with Gasteiger partial charge in [-0.3, -0.25) is 0 Å². The molecule has 0 aromatic carbocycles. The SMILES string of the molecule is Cc1cc(C(C)C)nc(NCCC2CCCC2)n1. The normalized spacial score (nSPS) is 16.4. The van der Waals surface area contributed by atoms with Gasteiger partial charge in [0.25, 0.3) is 0 Å². The Morgan fingerprint density at radius 3 is 2.67 bits per heavy atom. The number of rotatable bonds is 5. The van der Waals surface area contributed by atoms with Crippen molar-refractivity contribution in [1.29, 1.82) is 0 Å². The number of nitrogens with zero attached hydrogens (tertiary/aromatic N) is 2. The summed E-state index contributed by atoms with van der Waals surface area (Å²) in [6, 6.07) is 2.08. The molecule has 0 saturated heterocycles. The molecule has 1 aliphatic rings. The van der Waals surface area contributed by atoms with Crippen LogP contribution in [0.5, 0.6) is 0 Å². The smallest absolute Gasteiger partial charge is 0.223 e. The van der Waals surface area contributed by atoms with Gasteiger partial charge >= 0.3 is 0 Å². The van der Waals surface area contributed by atoms with Crippen LogP contribution in [-0.4, -0.2) is 16.5 Å². The maximum atomic E-state index is 4.57. The Morgan fingerprint density at radius 1 is 1.28 bits per heavy atom. The van der Waals surface area contributed by atoms with Gasteiger partial charge in [0.2, 0.25) is 5.95 Å². The highest BCUT2D eigenvalue weighted by Crippen LogP contribution is 2.27. The first-order valence-electron chi connectivity index (χ1n) is 7.24. The molecule has 1 aromatic rings. The lowest BCUT2D eigenvalue weighted by Crippen LogP contribution is -2.11. The van der Waals surface area contributed by atoms with Crippen LogP contribution in [0.25, 0.3) is 0 Å². The van der Waals surface area contributed by atoms with E-state index >= 15 is 0 Å². The largest absolute Gasteiger partial charge is 0.354 e. The van der Waals surface area contributed by atoms with E-state index in [-0.39, 0.29) is 0 Å². The van der Waals surface area contributed by atoms with Crippen LogP contribution in [0.2, 0.25) is 0 Å². The maximum absolute atomic E-state index is 4.57. The van der Waals surface area contributed by atoms with E-state index in [2.05, 4.69) is 35.2 Å². The molecule has 0 unspecified atom stereocenters. The summed E-state index contributed by atoms with van der Waals surface area (Å²) < 4.78 is 0. The summed E-state index contributed by atoms with van der Waals surface area (Å²) in [5.41, 5.74) is 2.18. The molecule has 0 bridgehead atoms. The molecule has 18 heavy (non-hydrogen) atoms. The third kappa shape index (κ3) is 3.69. The lowest BCUT2D eigenvalue weighted by atomic mass is 10.0. The van der Waals surface area contributed by atoms with Crippen molar-refractivity contribution in [2.75, 3.05) is 11.9 Å². The molecule has 1 heterocycles. The highest BCUT2D eigenvalue weighted by molar-refractivity contribution is 5.28. The van der Waals surface area contributed by atoms with Gasteiger partial charge in [0.15, 0.2) is 0 Å². The minimum atomic E-state index is 0.460. The number of anilines is 1. The van der Waals surface area contributed by atoms with Gasteiger partial charge in [-0.05, 0) is 31.2 Å². The summed E-state index contributed by atoms with van der Waals surface area (Å²) in [6.07, 6.45) is 6.92. The van der Waals surface area contributed by atoms with E-state index in [1.54, 1.807) is 0 Å². The Morgan fingerprint density at radius 2 is 2.00 bits per heavy atom. The lowest BCUT2D eigenvalue weighted by molar-refractivity contribution is 0.518. The van der Waals surface area contributed by atoms with Gasteiger partial charge in [0.1, 0.15) is 0 Å². The molecule has 0 atom stereocenters. The molecule has 0 aliphatic heterocycles. The zero-order chi connectivity index (χ0) is 13.0. The molecular weight excluding hydrogens is 222 g/mol. The average molecular weight is 247 g/mol. The molecule has 2 rings (SSSR count). The van der Waals surface area contributed by atoms with Crippen molar-refractivity contribution in [3.05, 3.63) is 17.5 Å². The molecule has 100 valence electrons. The lowest BCUT2D eigenvalue weighted by Gasteiger charge is -2.12. The van der Waals surface area contributed by atoms with Crippen molar-refractivity contribution < 1.29 is 0 Å². The Bertz CT molecular complexity index is 381. The second-order valence-electron chi connectivity index (χ2n) is 5.78. The number of hydrogen-bond acceptors (Lipinski definition) is 3. The van der Waals surface area contributed by atoms with Crippen LogP contribution in [0.1, 0.15) is 63.3 Å². The fourth-order valence-corrected chi connectivity index (χ4v) is 2.65. The van der Waals surface area contributed by atoms with Crippen molar-refractivity contribution >= 4 is 5.95 Å². The number of aryl methyl sites for hydroxylation is 1. The monoisotopic (exact) mass is 247 g/mol. The van der Waals surface area contributed by atoms with Crippen LogP contribution in [0, 0.1) is 12.8 Å². The maximum Gasteiger partial charge on any atom is 0.223 e. The minimum absolute atomic E-state index is 0.460. The van der Waals surface area contributed by atoms with E-state index < -0.39 is 0 Å². The summed E-state index contributed by atoms with van der Waals surface area (Å²) in [4.78, 5) is 9.03. The molecule has 1 saturated carbocycles. The van der Waals surface area contributed by atoms with Crippen molar-refractivity contribution in [3.8, 4) is 0 Å². The molecule has 1 N–H and O–H groups in total. The predicted molar refractivity (Wildman–Crippen MR) is 75.9 cm³/mol. The first-order chi connectivity index (χ1) is 8.65. The first-order valence-corrected chi connectivity index (χ1v) is 7.24. The van der Waals surface area contributed by atoms with Gasteiger partial charge in [0, 0.05) is 17.9 Å². The van der Waals surface area contributed by atoms with E-state index in [1.165, 1.54) is 32.1 Å². The molecule has 1 aliphatic carbocycles. The molecule has 0 radical (unpaired) electrons. The van der Waals surface area contributed by atoms with Crippen LogP contribution in [0.3, 0.4) is 0 Å². The standard InChI is InChI=1S/C15H25N3/c1-11(2)14-10-12(3)17-15(18-14)16-9-8-13-6-4-5-7-13/h10-11,13H,4-9H2,1-3H3,(H,16,17,18). The van der Waals surface area contributed by atoms with Crippen molar-refractivity contribution in [2.45, 2.75) is 58.8 Å². The second kappa shape index (κ2) is 6.17. The number of nitrogens with one attached hydrogen (secondary N) is 1. The zero-order valence-corrected chi connectivity index (χ0v) is 11.9. The zero-order valence-electron chi connectivity index (χ0n) is 11.9. The fourth-order valence-electron chi connectivity index (χ4n) is 2.65. The third-order valence-corrected chi connectivity index (χ3v) is 3.78. The number of hydrogen-bond donors (Lipinski definition) is 1. The molecule has 1 aromatic heterocycles. The van der Waals surface area contributed by atoms with E-state index in [0.29, 0.717) is 5.92 Å². The molecule has 3 nitrogen and oxygen atoms in total. The van der Waals surface area contributed by atoms with Gasteiger partial charge in [-0.25, -0.2) is 9.97 Å². The van der Waals surface area contributed by atoms with Crippen LogP contribution in [0.15, 0.2) is 6.07 Å². The van der Waals surface area contributed by atoms with Crippen molar-refractivity contribution in [2.24, 2.45) is 5.92 Å². The van der Waals surface area contributed by atoms with Crippen LogP contribution < -0.4 is 5.32 Å². The molecule has 3 heteroatoms. The Kier molecular flexibility index (Phi) is 4.56. The summed E-state index contributed by atoms with van der Waals surface area (Å²) in [5.74, 6) is 2.19. The van der Waals surface area contributed by atoms with Crippen LogP contribution in [-0.2, 0) is 0 Å². The summed E-state index contributed by atoms with van der Waals surface area (Å²) >= 11 is 0. The molecular formula is C15H25N3. The fraction of sp³-hybridized carbons (Fsp3) is 0.733. The average Bonchev–Trinajstić information content (AvgIpc) is 2.81. The summed E-state index contributed by atoms with van der Waals surface area (Å²) in [7, 11) is 0. The van der Waals surface area contributed by atoms with E-state index in [1.807, 2.05) is 6.92 Å². The Balaban J connectivity index is 1.88. The van der Waals surface area contributed by atoms with E-state index in [0.717, 1.165) is 29.8 Å². The van der Waals surface area contributed by atoms with E-state index in [9.17, 15) is 0 Å². The van der Waals surface area contributed by atoms with Gasteiger partial charge in [-0.1, -0.05) is 39.5 Å². The van der Waals surface area contributed by atoms with Gasteiger partial charge in [-0.2, -0.15) is 0 Å². The predicted octanol–water partition coefficient (Wildman–Crippen LogP) is 3.90. The Hall–Kier alpha value is -1.12. The highest BCUT2D eigenvalue weighted by Gasteiger charge is 2.14. The van der Waals surface area contributed by atoms with Crippen LogP contribution in [0.4, 0.5) is 5.95 Å². The Labute approximate surface area is 110 Å². The van der Waals surface area contributed by atoms with Crippen molar-refractivity contribution in [1.82, 2.24) is 9.97 Å². The topological polar surface area (TPSA) is 37.8 Å². The molecule has 0 spiro atoms. The molecule has 0 amide bonds. The van der Waals surface area contributed by atoms with Gasteiger partial charge in [-0.15, -0.1) is 0 Å². The summed E-state index contributed by atoms with van der Waals surface area (Å²) in [5, 5.41) is 3.39. The summed E-state index contributed by atoms with van der Waals surface area (Å²) in [6.45, 7) is 7.38. The minimum Gasteiger partial charge on any atom is -0.354 e. The van der Waals surface area contributed by atoms with E-state index in [4.69, 9.17) is 0 Å². The first kappa shape index (κ1) is 13.3. The van der Waals surface area contributed by atoms with Gasteiger partial charge in [0.05, 0.1) is 0 Å². The number of aromatic nitrogens is 2. The molecule has 1 fully saturated rings. The van der Waals surface area contributed by atoms with Crippen LogP contribution >= 0.6 is 0 Å². The van der Waals surface area contributed by atoms with Crippen molar-refractivity contribution in [3.63, 3.8) is 0 Å². The van der Waals surface area contributed by atoms with Gasteiger partial charge < -0.3 is 5.32 Å².